The zero-order valence-corrected chi connectivity index (χ0v) is 23.2. The maximum absolute atomic E-state index is 15.9. The number of hydrogen-bond donors (Lipinski definition) is 0. The molecule has 0 radical (unpaired) electrons. The standard InChI is InChI=1S/C31H35F3N2O3/c1-19-11-12-23(27(15-19)38-6)18-36(17-22-13-14-24(37-5)16-20(22)2)30-35-31(4,25-9-7-8-10-26(25)33)29(34)28(39-30)21(3)32/h7-16,21,28-29H,17-18H2,1-6H3/t21-,28+,29-,31+/m0/s1. The SMILES string of the molecule is COc1ccc(CN(Cc2ccc(C)cc2OC)C2=N[C@](C)(c3ccccc3F)[C@@H](F)[C@@H]([C@H](C)F)O2)c(C)c1. The summed E-state index contributed by atoms with van der Waals surface area (Å²) in [4.78, 5) is 6.47. The molecule has 0 saturated heterocycles. The lowest BCUT2D eigenvalue weighted by molar-refractivity contribution is -0.0355. The van der Waals surface area contributed by atoms with Crippen LogP contribution in [0.3, 0.4) is 0 Å². The van der Waals surface area contributed by atoms with Crippen LogP contribution in [-0.2, 0) is 23.4 Å². The second-order valence-electron chi connectivity index (χ2n) is 10.1. The minimum Gasteiger partial charge on any atom is -0.497 e. The van der Waals surface area contributed by atoms with E-state index in [1.807, 2.05) is 55.1 Å². The molecule has 0 bridgehead atoms. The zero-order chi connectivity index (χ0) is 28.3. The molecular weight excluding hydrogens is 505 g/mol. The fourth-order valence-corrected chi connectivity index (χ4v) is 4.90. The van der Waals surface area contributed by atoms with Crippen LogP contribution in [0.2, 0.25) is 0 Å². The minimum absolute atomic E-state index is 0.0296. The van der Waals surface area contributed by atoms with Gasteiger partial charge in [-0.25, -0.2) is 18.2 Å². The van der Waals surface area contributed by atoms with Gasteiger partial charge in [-0.05, 0) is 68.7 Å². The van der Waals surface area contributed by atoms with E-state index in [1.54, 1.807) is 20.3 Å². The number of halogens is 3. The van der Waals surface area contributed by atoms with Gasteiger partial charge >= 0.3 is 0 Å². The van der Waals surface area contributed by atoms with Crippen LogP contribution in [0.4, 0.5) is 13.2 Å². The Balaban J connectivity index is 1.85. The smallest absolute Gasteiger partial charge is 0.289 e. The summed E-state index contributed by atoms with van der Waals surface area (Å²) in [6, 6.07) is 17.4. The summed E-state index contributed by atoms with van der Waals surface area (Å²) in [7, 11) is 3.19. The van der Waals surface area contributed by atoms with Crippen LogP contribution in [0.25, 0.3) is 0 Å². The van der Waals surface area contributed by atoms with E-state index < -0.39 is 29.8 Å². The molecule has 0 aromatic heterocycles. The lowest BCUT2D eigenvalue weighted by Gasteiger charge is -2.42. The van der Waals surface area contributed by atoms with Crippen LogP contribution >= 0.6 is 0 Å². The van der Waals surface area contributed by atoms with Crippen molar-refractivity contribution in [1.29, 1.82) is 0 Å². The van der Waals surface area contributed by atoms with E-state index in [1.165, 1.54) is 32.0 Å². The molecule has 0 amide bonds. The molecule has 8 heteroatoms. The Hall–Kier alpha value is -3.68. The second kappa shape index (κ2) is 11.6. The molecule has 0 N–H and O–H groups in total. The number of methoxy groups -OCH3 is 2. The zero-order valence-electron chi connectivity index (χ0n) is 23.2. The normalized spacial score (nSPS) is 21.5. The van der Waals surface area contributed by atoms with Gasteiger partial charge < -0.3 is 19.1 Å². The third-order valence-corrected chi connectivity index (χ3v) is 7.25. The maximum atomic E-state index is 15.9. The van der Waals surface area contributed by atoms with Crippen molar-refractivity contribution >= 4 is 6.02 Å². The van der Waals surface area contributed by atoms with Gasteiger partial charge in [-0.1, -0.05) is 36.4 Å². The third-order valence-electron chi connectivity index (χ3n) is 7.25. The topological polar surface area (TPSA) is 43.3 Å². The molecule has 39 heavy (non-hydrogen) atoms. The van der Waals surface area contributed by atoms with Gasteiger partial charge in [-0.3, -0.25) is 0 Å². The van der Waals surface area contributed by atoms with E-state index in [4.69, 9.17) is 14.2 Å². The first-order valence-electron chi connectivity index (χ1n) is 12.9. The van der Waals surface area contributed by atoms with Crippen molar-refractivity contribution < 1.29 is 27.4 Å². The highest BCUT2D eigenvalue weighted by molar-refractivity contribution is 5.76. The van der Waals surface area contributed by atoms with Gasteiger partial charge in [-0.15, -0.1) is 0 Å². The van der Waals surface area contributed by atoms with Crippen molar-refractivity contribution in [2.75, 3.05) is 14.2 Å². The van der Waals surface area contributed by atoms with Gasteiger partial charge in [0.2, 0.25) is 0 Å². The van der Waals surface area contributed by atoms with Crippen LogP contribution < -0.4 is 9.47 Å². The number of alkyl halides is 2. The van der Waals surface area contributed by atoms with Crippen LogP contribution in [0.15, 0.2) is 65.7 Å². The van der Waals surface area contributed by atoms with Crippen molar-refractivity contribution in [2.24, 2.45) is 4.99 Å². The number of aryl methyl sites for hydroxylation is 2. The van der Waals surface area contributed by atoms with Crippen LogP contribution in [0.1, 0.15) is 41.7 Å². The molecule has 0 saturated carbocycles. The maximum Gasteiger partial charge on any atom is 0.289 e. The summed E-state index contributed by atoms with van der Waals surface area (Å²) in [6.45, 7) is 7.22. The molecule has 0 aliphatic carbocycles. The number of rotatable bonds is 8. The third kappa shape index (κ3) is 5.84. The van der Waals surface area contributed by atoms with Crippen LogP contribution in [-0.4, -0.2) is 43.6 Å². The monoisotopic (exact) mass is 540 g/mol. The molecular formula is C31H35F3N2O3. The molecule has 4 rings (SSSR count). The van der Waals surface area contributed by atoms with E-state index in [9.17, 15) is 8.78 Å². The molecule has 0 fully saturated rings. The summed E-state index contributed by atoms with van der Waals surface area (Å²) >= 11 is 0. The molecule has 5 nitrogen and oxygen atoms in total. The van der Waals surface area contributed by atoms with Gasteiger partial charge in [0.1, 0.15) is 29.0 Å². The molecule has 0 unspecified atom stereocenters. The summed E-state index contributed by atoms with van der Waals surface area (Å²) in [5, 5.41) is 0. The van der Waals surface area contributed by atoms with Gasteiger partial charge in [0.05, 0.1) is 20.8 Å². The highest BCUT2D eigenvalue weighted by Gasteiger charge is 2.51. The van der Waals surface area contributed by atoms with Crippen LogP contribution in [0, 0.1) is 19.7 Å². The predicted molar refractivity (Wildman–Crippen MR) is 146 cm³/mol. The molecule has 208 valence electrons. The van der Waals surface area contributed by atoms with Gasteiger partial charge in [0, 0.05) is 17.7 Å². The molecule has 1 heterocycles. The average molecular weight is 541 g/mol. The Morgan fingerprint density at radius 1 is 1.00 bits per heavy atom. The van der Waals surface area contributed by atoms with Crippen molar-refractivity contribution in [1.82, 2.24) is 4.90 Å². The minimum atomic E-state index is -1.92. The second-order valence-corrected chi connectivity index (χ2v) is 10.1. The largest absolute Gasteiger partial charge is 0.497 e. The first kappa shape index (κ1) is 28.3. The number of nitrogens with zero attached hydrogens (tertiary/aromatic N) is 2. The summed E-state index contributed by atoms with van der Waals surface area (Å²) < 4.78 is 62.7. The molecule has 3 aromatic rings. The van der Waals surface area contributed by atoms with Gasteiger partial charge in [-0.2, -0.15) is 0 Å². The van der Waals surface area contributed by atoms with Crippen molar-refractivity contribution in [3.8, 4) is 11.5 Å². The quantitative estimate of drug-likeness (QED) is 0.314. The van der Waals surface area contributed by atoms with Gasteiger partial charge in [0.15, 0.2) is 12.3 Å². The summed E-state index contributed by atoms with van der Waals surface area (Å²) in [5.41, 5.74) is 2.08. The van der Waals surface area contributed by atoms with Crippen LogP contribution in [0.5, 0.6) is 11.5 Å². The number of ether oxygens (including phenoxy) is 3. The van der Waals surface area contributed by atoms with Crippen molar-refractivity contribution in [3.63, 3.8) is 0 Å². The van der Waals surface area contributed by atoms with E-state index in [-0.39, 0.29) is 18.1 Å². The Kier molecular flexibility index (Phi) is 8.42. The van der Waals surface area contributed by atoms with Crippen molar-refractivity contribution in [3.05, 3.63) is 94.3 Å². The number of aliphatic imine (C=N–C) groups is 1. The highest BCUT2D eigenvalue weighted by atomic mass is 19.1. The Labute approximate surface area is 228 Å². The van der Waals surface area contributed by atoms with E-state index >= 15 is 4.39 Å². The average Bonchev–Trinajstić information content (AvgIpc) is 2.91. The van der Waals surface area contributed by atoms with Gasteiger partial charge in [0.25, 0.3) is 6.02 Å². The summed E-state index contributed by atoms with van der Waals surface area (Å²) in [5.74, 6) is 0.766. The number of benzene rings is 3. The predicted octanol–water partition coefficient (Wildman–Crippen LogP) is 6.83. The van der Waals surface area contributed by atoms with E-state index in [0.29, 0.717) is 18.0 Å². The fourth-order valence-electron chi connectivity index (χ4n) is 4.90. The molecule has 3 aromatic carbocycles. The first-order chi connectivity index (χ1) is 18.6. The molecule has 1 aliphatic heterocycles. The Morgan fingerprint density at radius 3 is 2.33 bits per heavy atom. The van der Waals surface area contributed by atoms with E-state index in [2.05, 4.69) is 4.99 Å². The molecule has 4 atom stereocenters. The Morgan fingerprint density at radius 2 is 1.69 bits per heavy atom. The molecule has 0 spiro atoms. The molecule has 1 aliphatic rings. The van der Waals surface area contributed by atoms with E-state index in [0.717, 1.165) is 22.3 Å². The lowest BCUT2D eigenvalue weighted by Crippen LogP contribution is -2.54. The number of amidine groups is 1. The van der Waals surface area contributed by atoms with Crippen molar-refractivity contribution in [2.45, 2.75) is 64.8 Å². The number of hydrogen-bond acceptors (Lipinski definition) is 5. The lowest BCUT2D eigenvalue weighted by atomic mass is 9.83. The highest BCUT2D eigenvalue weighted by Crippen LogP contribution is 2.41. The summed E-state index contributed by atoms with van der Waals surface area (Å²) in [6.07, 6.45) is -5.08. The fraction of sp³-hybridized carbons (Fsp3) is 0.387. The Bertz CT molecular complexity index is 1350. The first-order valence-corrected chi connectivity index (χ1v) is 12.9.